The zero-order chi connectivity index (χ0) is 15.6. The summed E-state index contributed by atoms with van der Waals surface area (Å²) in [5.41, 5.74) is 2.97. The Labute approximate surface area is 130 Å². The van der Waals surface area contributed by atoms with Crippen LogP contribution in [0.1, 0.15) is 38.2 Å². The lowest BCUT2D eigenvalue weighted by Gasteiger charge is -2.17. The van der Waals surface area contributed by atoms with E-state index in [0.717, 1.165) is 22.4 Å². The molecule has 2 rings (SSSR count). The van der Waals surface area contributed by atoms with E-state index in [1.54, 1.807) is 0 Å². The van der Waals surface area contributed by atoms with Crippen LogP contribution in [-0.4, -0.2) is 22.0 Å². The maximum absolute atomic E-state index is 12.3. The number of imidazole rings is 1. The fraction of sp³-hybridized carbons (Fsp3) is 0.500. The van der Waals surface area contributed by atoms with E-state index in [9.17, 15) is 4.79 Å². The van der Waals surface area contributed by atoms with Gasteiger partial charge in [0.25, 0.3) is 0 Å². The Morgan fingerprint density at radius 3 is 2.71 bits per heavy atom. The lowest BCUT2D eigenvalue weighted by atomic mass is 10.2. The standard InChI is InChI=1S/C16H22ClN3O/c1-10(2)9-18-16(21)12(4)20-14-6-5-11(3)7-13(14)19-15(20)8-17/h5-7,10,12H,8-9H2,1-4H3,(H,18,21). The van der Waals surface area contributed by atoms with Crippen molar-refractivity contribution in [3.8, 4) is 0 Å². The van der Waals surface area contributed by atoms with Gasteiger partial charge >= 0.3 is 0 Å². The highest BCUT2D eigenvalue weighted by molar-refractivity contribution is 6.17. The summed E-state index contributed by atoms with van der Waals surface area (Å²) < 4.78 is 1.93. The van der Waals surface area contributed by atoms with Crippen LogP contribution in [0, 0.1) is 12.8 Å². The van der Waals surface area contributed by atoms with E-state index in [-0.39, 0.29) is 17.8 Å². The quantitative estimate of drug-likeness (QED) is 0.860. The summed E-state index contributed by atoms with van der Waals surface area (Å²) >= 11 is 6.00. The fourth-order valence-electron chi connectivity index (χ4n) is 2.35. The van der Waals surface area contributed by atoms with E-state index < -0.39 is 0 Å². The van der Waals surface area contributed by atoms with Crippen molar-refractivity contribution in [1.29, 1.82) is 0 Å². The summed E-state index contributed by atoms with van der Waals surface area (Å²) in [7, 11) is 0. The Bertz CT molecular complexity index is 648. The monoisotopic (exact) mass is 307 g/mol. The van der Waals surface area contributed by atoms with Crippen LogP contribution >= 0.6 is 11.6 Å². The molecule has 1 atom stereocenters. The third-order valence-corrected chi connectivity index (χ3v) is 3.73. The highest BCUT2D eigenvalue weighted by Crippen LogP contribution is 2.23. The number of benzene rings is 1. The molecule has 21 heavy (non-hydrogen) atoms. The molecule has 1 unspecified atom stereocenters. The third-order valence-electron chi connectivity index (χ3n) is 3.49. The first-order valence-electron chi connectivity index (χ1n) is 7.25. The largest absolute Gasteiger partial charge is 0.354 e. The number of hydrogen-bond acceptors (Lipinski definition) is 2. The van der Waals surface area contributed by atoms with Crippen LogP contribution in [-0.2, 0) is 10.7 Å². The molecule has 0 saturated heterocycles. The predicted octanol–water partition coefficient (Wildman–Crippen LogP) is 3.42. The first kappa shape index (κ1) is 15.8. The number of fused-ring (bicyclic) bond motifs is 1. The maximum Gasteiger partial charge on any atom is 0.242 e. The number of alkyl halides is 1. The Kier molecular flexibility index (Phi) is 4.88. The SMILES string of the molecule is Cc1ccc2c(c1)nc(CCl)n2C(C)C(=O)NCC(C)C. The zero-order valence-corrected chi connectivity index (χ0v) is 13.7. The minimum absolute atomic E-state index is 0.00468. The minimum atomic E-state index is -0.329. The van der Waals surface area contributed by atoms with Crippen LogP contribution in [0.3, 0.4) is 0 Å². The van der Waals surface area contributed by atoms with Gasteiger partial charge in [-0.2, -0.15) is 0 Å². The van der Waals surface area contributed by atoms with Gasteiger partial charge in [-0.3, -0.25) is 4.79 Å². The number of nitrogens with zero attached hydrogens (tertiary/aromatic N) is 2. The maximum atomic E-state index is 12.3. The predicted molar refractivity (Wildman–Crippen MR) is 86.6 cm³/mol. The van der Waals surface area contributed by atoms with Gasteiger partial charge in [-0.25, -0.2) is 4.98 Å². The van der Waals surface area contributed by atoms with Crippen molar-refractivity contribution in [3.63, 3.8) is 0 Å². The number of hydrogen-bond donors (Lipinski definition) is 1. The van der Waals surface area contributed by atoms with E-state index in [4.69, 9.17) is 11.6 Å². The summed E-state index contributed by atoms with van der Waals surface area (Å²) in [6.45, 7) is 8.73. The van der Waals surface area contributed by atoms with Gasteiger partial charge in [-0.05, 0) is 37.5 Å². The summed E-state index contributed by atoms with van der Waals surface area (Å²) in [6, 6.07) is 5.71. The zero-order valence-electron chi connectivity index (χ0n) is 13.0. The van der Waals surface area contributed by atoms with Gasteiger partial charge in [0, 0.05) is 6.54 Å². The van der Waals surface area contributed by atoms with E-state index in [1.807, 2.05) is 36.6 Å². The second-order valence-electron chi connectivity index (χ2n) is 5.84. The molecule has 1 aromatic heterocycles. The van der Waals surface area contributed by atoms with Gasteiger partial charge in [-0.1, -0.05) is 19.9 Å². The Morgan fingerprint density at radius 2 is 2.10 bits per heavy atom. The smallest absolute Gasteiger partial charge is 0.242 e. The molecule has 1 aromatic carbocycles. The molecule has 1 N–H and O–H groups in total. The second-order valence-corrected chi connectivity index (χ2v) is 6.11. The minimum Gasteiger partial charge on any atom is -0.354 e. The van der Waals surface area contributed by atoms with Crippen LogP contribution < -0.4 is 5.32 Å². The lowest BCUT2D eigenvalue weighted by Crippen LogP contribution is -2.34. The van der Waals surface area contributed by atoms with Crippen LogP contribution in [0.25, 0.3) is 11.0 Å². The van der Waals surface area contributed by atoms with E-state index >= 15 is 0 Å². The van der Waals surface area contributed by atoms with Gasteiger partial charge in [-0.15, -0.1) is 11.6 Å². The number of aryl methyl sites for hydroxylation is 1. The van der Waals surface area contributed by atoms with Gasteiger partial charge in [0.1, 0.15) is 11.9 Å². The normalized spacial score (nSPS) is 12.9. The molecule has 1 heterocycles. The van der Waals surface area contributed by atoms with Crippen LogP contribution in [0.15, 0.2) is 18.2 Å². The highest BCUT2D eigenvalue weighted by atomic mass is 35.5. The van der Waals surface area contributed by atoms with Crippen LogP contribution in [0.2, 0.25) is 0 Å². The first-order chi connectivity index (χ1) is 9.93. The molecule has 4 nitrogen and oxygen atoms in total. The average molecular weight is 308 g/mol. The third kappa shape index (κ3) is 3.38. The Balaban J connectivity index is 2.37. The summed E-state index contributed by atoms with van der Waals surface area (Å²) in [5.74, 6) is 1.44. The molecule has 0 radical (unpaired) electrons. The van der Waals surface area contributed by atoms with Gasteiger partial charge in [0.05, 0.1) is 16.9 Å². The number of aromatic nitrogens is 2. The van der Waals surface area contributed by atoms with Crippen molar-refractivity contribution in [2.45, 2.75) is 39.6 Å². The van der Waals surface area contributed by atoms with Crippen LogP contribution in [0.4, 0.5) is 0 Å². The molecular weight excluding hydrogens is 286 g/mol. The topological polar surface area (TPSA) is 46.9 Å². The van der Waals surface area contributed by atoms with Crippen molar-refractivity contribution < 1.29 is 4.79 Å². The molecule has 0 aliphatic carbocycles. The van der Waals surface area contributed by atoms with Gasteiger partial charge in [0.2, 0.25) is 5.91 Å². The molecule has 114 valence electrons. The molecular formula is C16H22ClN3O. The summed E-state index contributed by atoms with van der Waals surface area (Å²) in [5, 5.41) is 2.97. The molecule has 0 fully saturated rings. The molecule has 0 spiro atoms. The molecule has 0 aliphatic rings. The average Bonchev–Trinajstić information content (AvgIpc) is 2.81. The number of carbonyl (C=O) groups excluding carboxylic acids is 1. The van der Waals surface area contributed by atoms with E-state index in [2.05, 4.69) is 24.1 Å². The number of nitrogens with one attached hydrogen (secondary N) is 1. The highest BCUT2D eigenvalue weighted by Gasteiger charge is 2.21. The number of halogens is 1. The van der Waals surface area contributed by atoms with Crippen molar-refractivity contribution in [2.75, 3.05) is 6.54 Å². The van der Waals surface area contributed by atoms with Crippen molar-refractivity contribution in [2.24, 2.45) is 5.92 Å². The Hall–Kier alpha value is -1.55. The molecule has 2 aromatic rings. The Morgan fingerprint density at radius 1 is 1.38 bits per heavy atom. The van der Waals surface area contributed by atoms with E-state index in [0.29, 0.717) is 12.5 Å². The molecule has 5 heteroatoms. The fourth-order valence-corrected chi connectivity index (χ4v) is 2.54. The van der Waals surface area contributed by atoms with Gasteiger partial charge < -0.3 is 9.88 Å². The van der Waals surface area contributed by atoms with Crippen molar-refractivity contribution in [3.05, 3.63) is 29.6 Å². The lowest BCUT2D eigenvalue weighted by molar-refractivity contribution is -0.124. The van der Waals surface area contributed by atoms with Crippen molar-refractivity contribution >= 4 is 28.5 Å². The summed E-state index contributed by atoms with van der Waals surface area (Å²) in [6.07, 6.45) is 0. The number of carbonyl (C=O) groups is 1. The number of amides is 1. The van der Waals surface area contributed by atoms with Crippen LogP contribution in [0.5, 0.6) is 0 Å². The second kappa shape index (κ2) is 6.48. The van der Waals surface area contributed by atoms with Crippen molar-refractivity contribution in [1.82, 2.24) is 14.9 Å². The molecule has 0 aliphatic heterocycles. The summed E-state index contributed by atoms with van der Waals surface area (Å²) in [4.78, 5) is 16.9. The van der Waals surface area contributed by atoms with E-state index in [1.165, 1.54) is 0 Å². The molecule has 0 bridgehead atoms. The van der Waals surface area contributed by atoms with Gasteiger partial charge in [0.15, 0.2) is 0 Å². The molecule has 1 amide bonds. The first-order valence-corrected chi connectivity index (χ1v) is 7.78. The number of rotatable bonds is 5. The molecule has 0 saturated carbocycles.